The van der Waals surface area contributed by atoms with E-state index >= 15 is 0 Å². The second kappa shape index (κ2) is 6.70. The maximum absolute atomic E-state index is 14.1. The first-order valence-electron chi connectivity index (χ1n) is 7.69. The van der Waals surface area contributed by atoms with Gasteiger partial charge in [0, 0.05) is 17.7 Å². The summed E-state index contributed by atoms with van der Waals surface area (Å²) in [6, 6.07) is 0.981. The second-order valence-electron chi connectivity index (χ2n) is 5.59. The van der Waals surface area contributed by atoms with E-state index in [-0.39, 0.29) is 11.4 Å². The van der Waals surface area contributed by atoms with E-state index in [1.54, 1.807) is 6.92 Å². The number of halogens is 3. The Bertz CT molecular complexity index is 866. The van der Waals surface area contributed by atoms with Crippen molar-refractivity contribution < 1.29 is 27.1 Å². The van der Waals surface area contributed by atoms with Crippen molar-refractivity contribution in [2.75, 3.05) is 11.9 Å². The maximum atomic E-state index is 14.1. The Morgan fingerprint density at radius 1 is 1.46 bits per heavy atom. The zero-order valence-electron chi connectivity index (χ0n) is 13.6. The molecule has 2 heterocycles. The highest BCUT2D eigenvalue weighted by Crippen LogP contribution is 2.39. The molecule has 1 atom stereocenters. The average Bonchev–Trinajstić information content (AvgIpc) is 3.08. The Balaban J connectivity index is 1.91. The van der Waals surface area contributed by atoms with Crippen molar-refractivity contribution in [1.29, 1.82) is 0 Å². The molecule has 0 saturated heterocycles. The summed E-state index contributed by atoms with van der Waals surface area (Å²) in [5.74, 6) is -4.58. The molecule has 2 aromatic rings. The van der Waals surface area contributed by atoms with Crippen molar-refractivity contribution in [3.05, 3.63) is 47.4 Å². The third-order valence-corrected chi connectivity index (χ3v) is 3.79. The number of hydrogen-bond acceptors (Lipinski definition) is 6. The summed E-state index contributed by atoms with van der Waals surface area (Å²) in [6.45, 7) is 0.769. The first kappa shape index (κ1) is 17.8. The van der Waals surface area contributed by atoms with E-state index in [2.05, 4.69) is 20.0 Å². The molecule has 10 heteroatoms. The lowest BCUT2D eigenvalue weighted by atomic mass is 9.99. The quantitative estimate of drug-likeness (QED) is 0.864. The highest BCUT2D eigenvalue weighted by molar-refractivity contribution is 6.03. The summed E-state index contributed by atoms with van der Waals surface area (Å²) in [7, 11) is 0. The minimum atomic E-state index is -3.45. The molecule has 0 fully saturated rings. The number of carbonyl (C=O) groups is 1. The summed E-state index contributed by atoms with van der Waals surface area (Å²) in [5.41, 5.74) is 5.10. The van der Waals surface area contributed by atoms with Crippen LogP contribution >= 0.6 is 0 Å². The number of rotatable bonds is 4. The Morgan fingerprint density at radius 2 is 2.23 bits per heavy atom. The Hall–Kier alpha value is -3.04. The normalized spacial score (nSPS) is 18.8. The van der Waals surface area contributed by atoms with E-state index in [4.69, 9.17) is 10.2 Å². The van der Waals surface area contributed by atoms with Crippen LogP contribution in [0.1, 0.15) is 34.8 Å². The van der Waals surface area contributed by atoms with E-state index in [0.29, 0.717) is 12.2 Å². The topological polar surface area (TPSA) is 103 Å². The van der Waals surface area contributed by atoms with Gasteiger partial charge in [-0.1, -0.05) is 6.92 Å². The summed E-state index contributed by atoms with van der Waals surface area (Å²) in [4.78, 5) is 19.6. The van der Waals surface area contributed by atoms with Gasteiger partial charge in [-0.15, -0.1) is 0 Å². The third kappa shape index (κ3) is 3.35. The molecule has 7 nitrogen and oxygen atoms in total. The van der Waals surface area contributed by atoms with Gasteiger partial charge in [-0.05, 0) is 18.2 Å². The van der Waals surface area contributed by atoms with Gasteiger partial charge in [0.25, 0.3) is 11.9 Å². The van der Waals surface area contributed by atoms with E-state index in [1.807, 2.05) is 0 Å². The summed E-state index contributed by atoms with van der Waals surface area (Å²) < 4.78 is 51.8. The van der Waals surface area contributed by atoms with Gasteiger partial charge in [0.2, 0.25) is 0 Å². The molecule has 1 aromatic heterocycles. The van der Waals surface area contributed by atoms with E-state index < -0.39 is 41.9 Å². The fourth-order valence-electron chi connectivity index (χ4n) is 2.53. The molecule has 0 saturated carbocycles. The molecule has 0 spiro atoms. The number of nitrogens with one attached hydrogen (secondary N) is 1. The minimum Gasteiger partial charge on any atom is -0.459 e. The molecule has 1 aliphatic heterocycles. The van der Waals surface area contributed by atoms with Crippen molar-refractivity contribution >= 4 is 17.6 Å². The van der Waals surface area contributed by atoms with Gasteiger partial charge < -0.3 is 20.2 Å². The number of hydrogen-bond donors (Lipinski definition) is 2. The van der Waals surface area contributed by atoms with E-state index in [9.17, 15) is 18.0 Å². The van der Waals surface area contributed by atoms with Crippen LogP contribution < -0.4 is 11.1 Å². The van der Waals surface area contributed by atoms with Crippen LogP contribution in [0.15, 0.2) is 34.0 Å². The molecule has 138 valence electrons. The molecule has 0 aliphatic carbocycles. The molecule has 0 bridgehead atoms. The molecular weight excluding hydrogens is 353 g/mol. The Labute approximate surface area is 146 Å². The molecule has 3 rings (SSSR count). The lowest BCUT2D eigenvalue weighted by molar-refractivity contribution is -0.0788. The third-order valence-electron chi connectivity index (χ3n) is 3.79. The lowest BCUT2D eigenvalue weighted by Crippen LogP contribution is -2.40. The lowest BCUT2D eigenvalue weighted by Gasteiger charge is -2.28. The molecule has 0 radical (unpaired) electrons. The van der Waals surface area contributed by atoms with Crippen molar-refractivity contribution in [2.45, 2.75) is 25.3 Å². The number of benzene rings is 1. The SMILES string of the molecule is CCc1ocnc1C(=O)Nc1ccc(F)c(C2N=C(N)OCC2(F)F)c1. The number of anilines is 1. The van der Waals surface area contributed by atoms with Crippen molar-refractivity contribution in [3.8, 4) is 0 Å². The van der Waals surface area contributed by atoms with Crippen molar-refractivity contribution in [2.24, 2.45) is 10.7 Å². The number of nitrogens with two attached hydrogens (primary N) is 1. The monoisotopic (exact) mass is 368 g/mol. The van der Waals surface area contributed by atoms with Crippen LogP contribution in [0.25, 0.3) is 0 Å². The zero-order chi connectivity index (χ0) is 18.9. The van der Waals surface area contributed by atoms with Gasteiger partial charge in [0.1, 0.15) is 11.6 Å². The number of aromatic nitrogens is 1. The van der Waals surface area contributed by atoms with Crippen LogP contribution in [0, 0.1) is 5.82 Å². The van der Waals surface area contributed by atoms with Gasteiger partial charge in [-0.25, -0.2) is 23.1 Å². The fourth-order valence-corrected chi connectivity index (χ4v) is 2.53. The molecule has 1 amide bonds. The summed E-state index contributed by atoms with van der Waals surface area (Å²) in [5, 5.41) is 2.48. The molecule has 3 N–H and O–H groups in total. The standard InChI is InChI=1S/C16H15F3N4O3/c1-2-11-12(21-7-26-11)14(24)22-8-3-4-10(17)9(5-8)13-16(18,19)6-25-15(20)23-13/h3-5,7,13H,2,6H2,1H3,(H2,20,23)(H,22,24). The van der Waals surface area contributed by atoms with Gasteiger partial charge in [0.05, 0.1) is 0 Å². The van der Waals surface area contributed by atoms with Crippen molar-refractivity contribution in [3.63, 3.8) is 0 Å². The fraction of sp³-hybridized carbons (Fsp3) is 0.312. The smallest absolute Gasteiger partial charge is 0.307 e. The molecule has 26 heavy (non-hydrogen) atoms. The van der Waals surface area contributed by atoms with Crippen LogP contribution in [-0.2, 0) is 11.2 Å². The van der Waals surface area contributed by atoms with E-state index in [0.717, 1.165) is 18.5 Å². The van der Waals surface area contributed by atoms with Gasteiger partial charge >= 0.3 is 5.92 Å². The number of amides is 1. The largest absolute Gasteiger partial charge is 0.459 e. The zero-order valence-corrected chi connectivity index (χ0v) is 13.6. The van der Waals surface area contributed by atoms with Crippen LogP contribution in [0.4, 0.5) is 18.9 Å². The average molecular weight is 368 g/mol. The number of amidine groups is 1. The molecular formula is C16H15F3N4O3. The minimum absolute atomic E-state index is 0.0667. The van der Waals surface area contributed by atoms with Crippen LogP contribution in [0.2, 0.25) is 0 Å². The summed E-state index contributed by atoms with van der Waals surface area (Å²) in [6.07, 6.45) is 1.57. The highest BCUT2D eigenvalue weighted by atomic mass is 19.3. The number of ether oxygens (including phenoxy) is 1. The van der Waals surface area contributed by atoms with Gasteiger partial charge in [-0.3, -0.25) is 4.79 Å². The van der Waals surface area contributed by atoms with Gasteiger partial charge in [-0.2, -0.15) is 0 Å². The molecule has 1 unspecified atom stereocenters. The molecule has 1 aromatic carbocycles. The van der Waals surface area contributed by atoms with E-state index in [1.165, 1.54) is 6.07 Å². The number of alkyl halides is 2. The first-order valence-corrected chi connectivity index (χ1v) is 7.69. The predicted molar refractivity (Wildman–Crippen MR) is 85.5 cm³/mol. The number of carbonyl (C=O) groups excluding carboxylic acids is 1. The van der Waals surface area contributed by atoms with Crippen molar-refractivity contribution in [1.82, 2.24) is 4.98 Å². The predicted octanol–water partition coefficient (Wildman–Crippen LogP) is 2.65. The highest BCUT2D eigenvalue weighted by Gasteiger charge is 2.46. The van der Waals surface area contributed by atoms with Gasteiger partial charge in [0.15, 0.2) is 24.7 Å². The number of aliphatic imine (C=N–C) groups is 1. The van der Waals surface area contributed by atoms with Crippen LogP contribution in [0.5, 0.6) is 0 Å². The number of aryl methyl sites for hydroxylation is 1. The second-order valence-corrected chi connectivity index (χ2v) is 5.59. The Morgan fingerprint density at radius 3 is 2.96 bits per heavy atom. The summed E-state index contributed by atoms with van der Waals surface area (Å²) >= 11 is 0. The van der Waals surface area contributed by atoms with Crippen LogP contribution in [-0.4, -0.2) is 29.4 Å². The number of oxazole rings is 1. The first-order chi connectivity index (χ1) is 12.3. The van der Waals surface area contributed by atoms with Crippen LogP contribution in [0.3, 0.4) is 0 Å². The Kier molecular flexibility index (Phi) is 4.58. The molecule has 1 aliphatic rings. The number of nitrogens with zero attached hydrogens (tertiary/aromatic N) is 2. The maximum Gasteiger partial charge on any atom is 0.307 e.